The van der Waals surface area contributed by atoms with Gasteiger partial charge >= 0.3 is 0 Å². The number of nitrogens with one attached hydrogen (secondary N) is 2. The highest BCUT2D eigenvalue weighted by Gasteiger charge is 2.43. The highest BCUT2D eigenvalue weighted by Crippen LogP contribution is 2.48. The van der Waals surface area contributed by atoms with Crippen molar-refractivity contribution in [2.24, 2.45) is 17.8 Å². The smallest absolute Gasteiger partial charge is 0.261 e. The minimum absolute atomic E-state index is 0.0238. The second-order valence-electron chi connectivity index (χ2n) is 7.41. The van der Waals surface area contributed by atoms with Crippen molar-refractivity contribution in [3.8, 4) is 0 Å². The van der Waals surface area contributed by atoms with Crippen LogP contribution in [-0.4, -0.2) is 14.3 Å². The zero-order valence-electron chi connectivity index (χ0n) is 14.7. The lowest BCUT2D eigenvalue weighted by atomic mass is 9.88. The van der Waals surface area contributed by atoms with E-state index in [2.05, 4.69) is 10.0 Å². The fourth-order valence-corrected chi connectivity index (χ4v) is 5.33. The molecule has 2 bridgehead atoms. The van der Waals surface area contributed by atoms with Crippen molar-refractivity contribution in [3.63, 3.8) is 0 Å². The molecule has 1 amide bonds. The minimum atomic E-state index is -3.83. The molecule has 4 rings (SSSR count). The SMILES string of the molecule is O=C(Nc1ccc(S(=O)(=O)Nc2cccc(F)c2)cc1)C1CC2CCC1C2. The first-order valence-electron chi connectivity index (χ1n) is 9.10. The fraction of sp³-hybridized carbons (Fsp3) is 0.350. The van der Waals surface area contributed by atoms with Gasteiger partial charge in [-0.15, -0.1) is 0 Å². The molecule has 0 aromatic heterocycles. The number of fused-ring (bicyclic) bond motifs is 2. The Morgan fingerprint density at radius 2 is 1.78 bits per heavy atom. The molecule has 0 saturated heterocycles. The zero-order valence-corrected chi connectivity index (χ0v) is 15.5. The molecule has 0 heterocycles. The molecule has 0 aliphatic heterocycles. The van der Waals surface area contributed by atoms with Crippen molar-refractivity contribution in [3.05, 3.63) is 54.3 Å². The summed E-state index contributed by atoms with van der Waals surface area (Å²) >= 11 is 0. The maximum absolute atomic E-state index is 13.2. The number of amides is 1. The molecule has 0 spiro atoms. The topological polar surface area (TPSA) is 75.3 Å². The molecule has 2 aromatic carbocycles. The van der Waals surface area contributed by atoms with Crippen LogP contribution in [0, 0.1) is 23.6 Å². The Labute approximate surface area is 158 Å². The van der Waals surface area contributed by atoms with E-state index in [1.165, 1.54) is 36.8 Å². The van der Waals surface area contributed by atoms with Crippen LogP contribution in [0.1, 0.15) is 25.7 Å². The molecule has 2 saturated carbocycles. The zero-order chi connectivity index (χ0) is 19.0. The minimum Gasteiger partial charge on any atom is -0.326 e. The summed E-state index contributed by atoms with van der Waals surface area (Å²) in [6, 6.07) is 11.3. The molecule has 2 aromatic rings. The maximum Gasteiger partial charge on any atom is 0.261 e. The average Bonchev–Trinajstić information content (AvgIpc) is 3.25. The van der Waals surface area contributed by atoms with Crippen molar-refractivity contribution in [2.45, 2.75) is 30.6 Å². The van der Waals surface area contributed by atoms with E-state index in [4.69, 9.17) is 0 Å². The predicted octanol–water partition coefficient (Wildman–Crippen LogP) is 4.00. The second kappa shape index (κ2) is 6.96. The van der Waals surface area contributed by atoms with Crippen LogP contribution < -0.4 is 10.0 Å². The van der Waals surface area contributed by atoms with Gasteiger partial charge in [0.1, 0.15) is 5.82 Å². The van der Waals surface area contributed by atoms with Crippen LogP contribution in [0.15, 0.2) is 53.4 Å². The first kappa shape index (κ1) is 18.0. The van der Waals surface area contributed by atoms with E-state index in [0.717, 1.165) is 25.3 Å². The lowest BCUT2D eigenvalue weighted by Crippen LogP contribution is -2.27. The Morgan fingerprint density at radius 1 is 1.00 bits per heavy atom. The van der Waals surface area contributed by atoms with Crippen LogP contribution in [0.4, 0.5) is 15.8 Å². The van der Waals surface area contributed by atoms with E-state index in [1.807, 2.05) is 0 Å². The third-order valence-electron chi connectivity index (χ3n) is 5.58. The molecule has 5 nitrogen and oxygen atoms in total. The summed E-state index contributed by atoms with van der Waals surface area (Å²) in [7, 11) is -3.83. The molecule has 3 unspecified atom stereocenters. The summed E-state index contributed by atoms with van der Waals surface area (Å²) in [5, 5.41) is 2.90. The standard InChI is InChI=1S/C20H21FN2O3S/c21-15-2-1-3-17(12-15)23-27(25,26)18-8-6-16(7-9-18)22-20(24)19-11-13-4-5-14(19)10-13/h1-3,6-9,12-14,19,23H,4-5,10-11H2,(H,22,24). The van der Waals surface area contributed by atoms with Gasteiger partial charge in [-0.2, -0.15) is 0 Å². The van der Waals surface area contributed by atoms with E-state index in [1.54, 1.807) is 12.1 Å². The maximum atomic E-state index is 13.2. The Hall–Kier alpha value is -2.41. The summed E-state index contributed by atoms with van der Waals surface area (Å²) in [4.78, 5) is 12.5. The van der Waals surface area contributed by atoms with E-state index >= 15 is 0 Å². The van der Waals surface area contributed by atoms with Crippen LogP contribution in [0.2, 0.25) is 0 Å². The van der Waals surface area contributed by atoms with Crippen LogP contribution in [0.5, 0.6) is 0 Å². The number of benzene rings is 2. The van der Waals surface area contributed by atoms with Gasteiger partial charge < -0.3 is 5.32 Å². The van der Waals surface area contributed by atoms with Crippen molar-refractivity contribution < 1.29 is 17.6 Å². The van der Waals surface area contributed by atoms with Crippen molar-refractivity contribution in [1.29, 1.82) is 0 Å². The fourth-order valence-electron chi connectivity index (χ4n) is 4.28. The molecular formula is C20H21FN2O3S. The van der Waals surface area contributed by atoms with Gasteiger partial charge in [0.2, 0.25) is 5.91 Å². The van der Waals surface area contributed by atoms with Gasteiger partial charge in [-0.1, -0.05) is 12.5 Å². The quantitative estimate of drug-likeness (QED) is 0.813. The van der Waals surface area contributed by atoms with Gasteiger partial charge in [0.25, 0.3) is 10.0 Å². The predicted molar refractivity (Wildman–Crippen MR) is 101 cm³/mol. The summed E-state index contributed by atoms with van der Waals surface area (Å²) in [5.41, 5.74) is 0.733. The van der Waals surface area contributed by atoms with Crippen molar-refractivity contribution in [2.75, 3.05) is 10.0 Å². The van der Waals surface area contributed by atoms with Gasteiger partial charge in [-0.25, -0.2) is 12.8 Å². The normalized spacial score (nSPS) is 24.0. The lowest BCUT2D eigenvalue weighted by Gasteiger charge is -2.20. The van der Waals surface area contributed by atoms with Gasteiger partial charge in [0, 0.05) is 11.6 Å². The number of carbonyl (C=O) groups is 1. The number of hydrogen-bond acceptors (Lipinski definition) is 3. The molecule has 3 atom stereocenters. The van der Waals surface area contributed by atoms with E-state index in [-0.39, 0.29) is 22.4 Å². The summed E-state index contributed by atoms with van der Waals surface area (Å²) in [6.07, 6.45) is 4.48. The summed E-state index contributed by atoms with van der Waals surface area (Å²) in [5.74, 6) is 0.753. The number of hydrogen-bond donors (Lipinski definition) is 2. The molecule has 2 aliphatic carbocycles. The molecule has 7 heteroatoms. The number of sulfonamides is 1. The highest BCUT2D eigenvalue weighted by molar-refractivity contribution is 7.92. The van der Waals surface area contributed by atoms with E-state index in [0.29, 0.717) is 17.5 Å². The Balaban J connectivity index is 1.43. The van der Waals surface area contributed by atoms with Gasteiger partial charge in [-0.3, -0.25) is 9.52 Å². The molecule has 27 heavy (non-hydrogen) atoms. The van der Waals surface area contributed by atoms with Crippen LogP contribution in [0.3, 0.4) is 0 Å². The third-order valence-corrected chi connectivity index (χ3v) is 6.98. The van der Waals surface area contributed by atoms with Crippen LogP contribution in [0.25, 0.3) is 0 Å². The van der Waals surface area contributed by atoms with Gasteiger partial charge in [0.05, 0.1) is 10.6 Å². The Morgan fingerprint density at radius 3 is 2.41 bits per heavy atom. The molecule has 2 aliphatic rings. The third kappa shape index (κ3) is 3.83. The number of halogens is 1. The summed E-state index contributed by atoms with van der Waals surface area (Å²) < 4.78 is 40.4. The van der Waals surface area contributed by atoms with E-state index < -0.39 is 15.8 Å². The second-order valence-corrected chi connectivity index (χ2v) is 9.09. The highest BCUT2D eigenvalue weighted by atomic mass is 32.2. The van der Waals surface area contributed by atoms with Crippen LogP contribution in [-0.2, 0) is 14.8 Å². The van der Waals surface area contributed by atoms with Crippen LogP contribution >= 0.6 is 0 Å². The molecule has 0 radical (unpaired) electrons. The largest absolute Gasteiger partial charge is 0.326 e. The van der Waals surface area contributed by atoms with Crippen molar-refractivity contribution in [1.82, 2.24) is 0 Å². The Kier molecular flexibility index (Phi) is 4.63. The number of anilines is 2. The first-order chi connectivity index (χ1) is 12.9. The molecular weight excluding hydrogens is 367 g/mol. The van der Waals surface area contributed by atoms with Crippen molar-refractivity contribution >= 4 is 27.3 Å². The number of carbonyl (C=O) groups excluding carboxylic acids is 1. The molecule has 2 fully saturated rings. The average molecular weight is 388 g/mol. The lowest BCUT2D eigenvalue weighted by molar-refractivity contribution is -0.121. The molecule has 142 valence electrons. The first-order valence-corrected chi connectivity index (χ1v) is 10.6. The Bertz CT molecular complexity index is 959. The number of rotatable bonds is 5. The van der Waals surface area contributed by atoms with E-state index in [9.17, 15) is 17.6 Å². The molecule has 2 N–H and O–H groups in total. The van der Waals surface area contributed by atoms with Gasteiger partial charge in [-0.05, 0) is 73.6 Å². The summed E-state index contributed by atoms with van der Waals surface area (Å²) in [6.45, 7) is 0. The van der Waals surface area contributed by atoms with Gasteiger partial charge in [0.15, 0.2) is 0 Å². The monoisotopic (exact) mass is 388 g/mol.